The molecule has 0 radical (unpaired) electrons. The van der Waals surface area contributed by atoms with Crippen LogP contribution >= 0.6 is 11.6 Å². The minimum absolute atomic E-state index is 0.534. The molecule has 1 aromatic carbocycles. The summed E-state index contributed by atoms with van der Waals surface area (Å²) in [4.78, 5) is 7.29. The fourth-order valence-electron chi connectivity index (χ4n) is 2.16. The van der Waals surface area contributed by atoms with E-state index in [0.29, 0.717) is 10.8 Å². The van der Waals surface area contributed by atoms with E-state index in [1.165, 1.54) is 0 Å². The molecule has 0 spiro atoms. The summed E-state index contributed by atoms with van der Waals surface area (Å²) in [5, 5.41) is 4.74. The molecule has 2 aromatic heterocycles. The molecule has 0 aliphatic carbocycles. The molecule has 0 aliphatic heterocycles. The Morgan fingerprint density at radius 1 is 1.19 bits per heavy atom. The van der Waals surface area contributed by atoms with Gasteiger partial charge in [-0.3, -0.25) is 0 Å². The number of rotatable bonds is 4. The molecule has 6 heteroatoms. The molecule has 0 amide bonds. The van der Waals surface area contributed by atoms with E-state index in [2.05, 4.69) is 15.3 Å². The Labute approximate surface area is 126 Å². The number of aromatic amines is 1. The number of benzene rings is 1. The van der Waals surface area contributed by atoms with Crippen LogP contribution in [0.1, 0.15) is 0 Å². The van der Waals surface area contributed by atoms with Crippen molar-refractivity contribution in [2.75, 3.05) is 19.5 Å². The summed E-state index contributed by atoms with van der Waals surface area (Å²) >= 11 is 6.27. The van der Waals surface area contributed by atoms with Crippen LogP contribution in [0.2, 0.25) is 5.02 Å². The molecule has 2 heterocycles. The zero-order valence-electron chi connectivity index (χ0n) is 11.6. The Hall–Kier alpha value is -2.40. The lowest BCUT2D eigenvalue weighted by Gasteiger charge is -2.14. The van der Waals surface area contributed by atoms with Crippen molar-refractivity contribution in [3.05, 3.63) is 41.7 Å². The van der Waals surface area contributed by atoms with Crippen molar-refractivity contribution < 1.29 is 9.47 Å². The Balaban J connectivity index is 2.09. The third-order valence-electron chi connectivity index (χ3n) is 3.21. The van der Waals surface area contributed by atoms with Crippen molar-refractivity contribution in [1.82, 2.24) is 9.97 Å². The van der Waals surface area contributed by atoms with Crippen LogP contribution < -0.4 is 14.8 Å². The Bertz CT molecular complexity index is 786. The van der Waals surface area contributed by atoms with Crippen LogP contribution in [0.4, 0.5) is 11.4 Å². The zero-order chi connectivity index (χ0) is 14.8. The van der Waals surface area contributed by atoms with E-state index in [-0.39, 0.29) is 0 Å². The van der Waals surface area contributed by atoms with Crippen molar-refractivity contribution in [3.63, 3.8) is 0 Å². The first-order valence-electron chi connectivity index (χ1n) is 6.33. The van der Waals surface area contributed by atoms with Crippen molar-refractivity contribution in [3.8, 4) is 11.5 Å². The predicted molar refractivity (Wildman–Crippen MR) is 83.9 cm³/mol. The number of fused-ring (bicyclic) bond motifs is 1. The molecule has 108 valence electrons. The SMILES string of the molecule is COc1ccc(OC)c(Nc2c(Cl)cnc3[nH]ccc23)c1. The Morgan fingerprint density at radius 3 is 2.81 bits per heavy atom. The quantitative estimate of drug-likeness (QED) is 0.765. The smallest absolute Gasteiger partial charge is 0.142 e. The number of anilines is 2. The van der Waals surface area contributed by atoms with E-state index < -0.39 is 0 Å². The normalized spacial score (nSPS) is 10.6. The highest BCUT2D eigenvalue weighted by atomic mass is 35.5. The van der Waals surface area contributed by atoms with Crippen LogP contribution in [0.3, 0.4) is 0 Å². The molecule has 0 aliphatic rings. The van der Waals surface area contributed by atoms with Crippen LogP contribution in [0.5, 0.6) is 11.5 Å². The average molecular weight is 304 g/mol. The van der Waals surface area contributed by atoms with Crippen LogP contribution in [-0.4, -0.2) is 24.2 Å². The fourth-order valence-corrected chi connectivity index (χ4v) is 2.35. The second-order valence-corrected chi connectivity index (χ2v) is 4.82. The van der Waals surface area contributed by atoms with Crippen molar-refractivity contribution in [2.24, 2.45) is 0 Å². The highest BCUT2D eigenvalue weighted by Gasteiger charge is 2.12. The van der Waals surface area contributed by atoms with Gasteiger partial charge in [-0.2, -0.15) is 0 Å². The summed E-state index contributed by atoms with van der Waals surface area (Å²) in [5.41, 5.74) is 2.31. The van der Waals surface area contributed by atoms with Gasteiger partial charge in [-0.25, -0.2) is 4.98 Å². The van der Waals surface area contributed by atoms with Gasteiger partial charge in [0.25, 0.3) is 0 Å². The number of hydrogen-bond donors (Lipinski definition) is 2. The first-order valence-corrected chi connectivity index (χ1v) is 6.71. The molecule has 3 rings (SSSR count). The van der Waals surface area contributed by atoms with Gasteiger partial charge >= 0.3 is 0 Å². The second-order valence-electron chi connectivity index (χ2n) is 4.41. The number of ether oxygens (including phenoxy) is 2. The maximum atomic E-state index is 6.27. The van der Waals surface area contributed by atoms with Crippen LogP contribution in [0.15, 0.2) is 36.7 Å². The summed E-state index contributed by atoms with van der Waals surface area (Å²) in [6.45, 7) is 0. The summed E-state index contributed by atoms with van der Waals surface area (Å²) in [6.07, 6.45) is 3.43. The van der Waals surface area contributed by atoms with Crippen LogP contribution in [0, 0.1) is 0 Å². The van der Waals surface area contributed by atoms with Gasteiger partial charge in [0.1, 0.15) is 17.1 Å². The van der Waals surface area contributed by atoms with Gasteiger partial charge in [0.15, 0.2) is 0 Å². The second kappa shape index (κ2) is 5.54. The van der Waals surface area contributed by atoms with Crippen molar-refractivity contribution in [1.29, 1.82) is 0 Å². The average Bonchev–Trinajstić information content (AvgIpc) is 2.98. The standard InChI is InChI=1S/C15H14ClN3O2/c1-20-9-3-4-13(21-2)12(7-9)19-14-10-5-6-17-15(10)18-8-11(14)16/h3-8H,1-2H3,(H2,17,18,19). The number of nitrogens with zero attached hydrogens (tertiary/aromatic N) is 1. The topological polar surface area (TPSA) is 59.2 Å². The number of halogens is 1. The summed E-state index contributed by atoms with van der Waals surface area (Å²) in [7, 11) is 3.24. The largest absolute Gasteiger partial charge is 0.497 e. The first kappa shape index (κ1) is 13.6. The maximum absolute atomic E-state index is 6.27. The number of pyridine rings is 1. The molecule has 21 heavy (non-hydrogen) atoms. The number of H-pyrrole nitrogens is 1. The van der Waals surface area contributed by atoms with E-state index in [9.17, 15) is 0 Å². The molecular formula is C15H14ClN3O2. The van der Waals surface area contributed by atoms with E-state index in [1.807, 2.05) is 30.5 Å². The van der Waals surface area contributed by atoms with Gasteiger partial charge in [0.2, 0.25) is 0 Å². The number of methoxy groups -OCH3 is 2. The highest BCUT2D eigenvalue weighted by molar-refractivity contribution is 6.34. The number of aromatic nitrogens is 2. The van der Waals surface area contributed by atoms with Gasteiger partial charge < -0.3 is 19.8 Å². The molecule has 2 N–H and O–H groups in total. The fraction of sp³-hybridized carbons (Fsp3) is 0.133. The third kappa shape index (κ3) is 2.48. The molecular weight excluding hydrogens is 290 g/mol. The molecule has 0 saturated heterocycles. The van der Waals surface area contributed by atoms with Gasteiger partial charge in [-0.1, -0.05) is 11.6 Å². The lowest BCUT2D eigenvalue weighted by atomic mass is 10.2. The molecule has 0 atom stereocenters. The number of hydrogen-bond acceptors (Lipinski definition) is 4. The number of nitrogens with one attached hydrogen (secondary N) is 2. The summed E-state index contributed by atoms with van der Waals surface area (Å²) in [5.74, 6) is 1.43. The third-order valence-corrected chi connectivity index (χ3v) is 3.49. The molecule has 0 saturated carbocycles. The molecule has 0 fully saturated rings. The minimum Gasteiger partial charge on any atom is -0.497 e. The van der Waals surface area contributed by atoms with Crippen molar-refractivity contribution in [2.45, 2.75) is 0 Å². The van der Waals surface area contributed by atoms with Gasteiger partial charge in [-0.05, 0) is 18.2 Å². The molecule has 0 bridgehead atoms. The van der Waals surface area contributed by atoms with Crippen LogP contribution in [-0.2, 0) is 0 Å². The van der Waals surface area contributed by atoms with E-state index in [4.69, 9.17) is 21.1 Å². The van der Waals surface area contributed by atoms with Gasteiger partial charge in [-0.15, -0.1) is 0 Å². The zero-order valence-corrected chi connectivity index (χ0v) is 12.4. The minimum atomic E-state index is 0.534. The lowest BCUT2D eigenvalue weighted by molar-refractivity contribution is 0.405. The van der Waals surface area contributed by atoms with Crippen molar-refractivity contribution >= 4 is 34.0 Å². The molecule has 3 aromatic rings. The maximum Gasteiger partial charge on any atom is 0.142 e. The monoisotopic (exact) mass is 303 g/mol. The predicted octanol–water partition coefficient (Wildman–Crippen LogP) is 3.98. The van der Waals surface area contributed by atoms with Crippen LogP contribution in [0.25, 0.3) is 11.0 Å². The summed E-state index contributed by atoms with van der Waals surface area (Å²) in [6, 6.07) is 7.45. The summed E-state index contributed by atoms with van der Waals surface area (Å²) < 4.78 is 10.6. The van der Waals surface area contributed by atoms with E-state index in [0.717, 1.165) is 28.2 Å². The highest BCUT2D eigenvalue weighted by Crippen LogP contribution is 2.36. The van der Waals surface area contributed by atoms with Gasteiger partial charge in [0.05, 0.1) is 36.8 Å². The Kier molecular flexibility index (Phi) is 3.58. The van der Waals surface area contributed by atoms with Gasteiger partial charge in [0, 0.05) is 17.6 Å². The molecule has 0 unspecified atom stereocenters. The van der Waals surface area contributed by atoms with E-state index >= 15 is 0 Å². The Morgan fingerprint density at radius 2 is 2.05 bits per heavy atom. The molecule has 5 nitrogen and oxygen atoms in total. The first-order chi connectivity index (χ1) is 10.2. The van der Waals surface area contributed by atoms with E-state index in [1.54, 1.807) is 20.4 Å². The lowest BCUT2D eigenvalue weighted by Crippen LogP contribution is -1.97.